The van der Waals surface area contributed by atoms with Gasteiger partial charge in [0, 0.05) is 63.1 Å². The molecule has 0 spiro atoms. The molecule has 4 heteroatoms. The topological polar surface area (TPSA) is 28.1 Å². The lowest BCUT2D eigenvalue weighted by atomic mass is 9.66. The van der Waals surface area contributed by atoms with Gasteiger partial charge >= 0.3 is 0 Å². The highest BCUT2D eigenvalue weighted by Gasteiger charge is 2.59. The monoisotopic (exact) mass is 749 g/mol. The lowest BCUT2D eigenvalue weighted by molar-refractivity contribution is 0.330. The minimum atomic E-state index is -0.250. The zero-order valence-corrected chi connectivity index (χ0v) is 32.4. The predicted octanol–water partition coefficient (Wildman–Crippen LogP) is 12.4. The van der Waals surface area contributed by atoms with E-state index in [0.29, 0.717) is 5.92 Å². The van der Waals surface area contributed by atoms with Gasteiger partial charge in [-0.1, -0.05) is 153 Å². The third-order valence-electron chi connectivity index (χ3n) is 13.8. The number of para-hydroxylation sites is 3. The van der Waals surface area contributed by atoms with Crippen LogP contribution < -0.4 is 14.5 Å². The molecule has 1 fully saturated rings. The minimum Gasteiger partial charge on any atom is -0.480 e. The lowest BCUT2D eigenvalue weighted by Crippen LogP contribution is -2.35. The van der Waals surface area contributed by atoms with Gasteiger partial charge in [-0.15, -0.1) is 0 Å². The van der Waals surface area contributed by atoms with Crippen LogP contribution in [0.25, 0.3) is 11.1 Å². The average Bonchev–Trinajstić information content (AvgIpc) is 3.77. The van der Waals surface area contributed by atoms with Gasteiger partial charge < -0.3 is 14.5 Å². The number of ether oxygens (including phenoxy) is 1. The van der Waals surface area contributed by atoms with Crippen molar-refractivity contribution < 1.29 is 4.74 Å². The maximum absolute atomic E-state index is 6.57. The molecule has 4 aliphatic heterocycles. The molecule has 280 valence electrons. The van der Waals surface area contributed by atoms with E-state index in [1.165, 1.54) is 56.0 Å². The van der Waals surface area contributed by atoms with Crippen molar-refractivity contribution in [3.05, 3.63) is 222 Å². The molecule has 7 aliphatic rings. The van der Waals surface area contributed by atoms with Gasteiger partial charge in [-0.25, -0.2) is 0 Å². The second kappa shape index (κ2) is 12.9. The van der Waals surface area contributed by atoms with Crippen molar-refractivity contribution >= 4 is 39.6 Å². The Morgan fingerprint density at radius 1 is 0.638 bits per heavy atom. The van der Waals surface area contributed by atoms with E-state index in [4.69, 9.17) is 9.73 Å². The summed E-state index contributed by atoms with van der Waals surface area (Å²) in [5.41, 5.74) is 14.5. The Morgan fingerprint density at radius 2 is 1.34 bits per heavy atom. The number of hydrogen-bond acceptors (Lipinski definition) is 4. The number of allylic oxidation sites excluding steroid dienone is 9. The van der Waals surface area contributed by atoms with Crippen LogP contribution in [0.3, 0.4) is 0 Å². The van der Waals surface area contributed by atoms with Gasteiger partial charge in [-0.2, -0.15) is 0 Å². The Labute approximate surface area is 340 Å². The molecule has 0 saturated carbocycles. The fourth-order valence-electron chi connectivity index (χ4n) is 11.2. The molecule has 58 heavy (non-hydrogen) atoms. The molecular formula is C54H43N3O. The lowest BCUT2D eigenvalue weighted by Gasteiger charge is -2.38. The summed E-state index contributed by atoms with van der Waals surface area (Å²) < 4.78 is 6.57. The van der Waals surface area contributed by atoms with E-state index >= 15 is 0 Å². The Bertz CT molecular complexity index is 2740. The van der Waals surface area contributed by atoms with Crippen molar-refractivity contribution in [3.63, 3.8) is 0 Å². The van der Waals surface area contributed by atoms with E-state index in [2.05, 4.69) is 205 Å². The quantitative estimate of drug-likeness (QED) is 0.183. The Morgan fingerprint density at radius 3 is 2.24 bits per heavy atom. The molecule has 5 aromatic carbocycles. The fraction of sp³-hybridized carbons (Fsp3) is 0.167. The Kier molecular flexibility index (Phi) is 7.47. The Balaban J connectivity index is 0.960. The summed E-state index contributed by atoms with van der Waals surface area (Å²) in [5.74, 6) is 1.83. The molecule has 7 atom stereocenters. The number of aliphatic imine (C=N–C) groups is 1. The molecule has 1 saturated heterocycles. The van der Waals surface area contributed by atoms with E-state index in [1.54, 1.807) is 0 Å². The van der Waals surface area contributed by atoms with E-state index in [9.17, 15) is 0 Å². The highest BCUT2D eigenvalue weighted by Crippen LogP contribution is 2.63. The zero-order chi connectivity index (χ0) is 38.4. The summed E-state index contributed by atoms with van der Waals surface area (Å²) in [5, 5.41) is 0. The maximum Gasteiger partial charge on any atom is 0.150 e. The van der Waals surface area contributed by atoms with Gasteiger partial charge in [0.1, 0.15) is 11.9 Å². The van der Waals surface area contributed by atoms with E-state index < -0.39 is 0 Å². The minimum absolute atomic E-state index is 0.0601. The van der Waals surface area contributed by atoms with Crippen molar-refractivity contribution in [3.8, 4) is 5.75 Å². The van der Waals surface area contributed by atoms with Gasteiger partial charge in [0.15, 0.2) is 0 Å². The standard InChI is InChI=1S/C54H43N3O/c1-54-45-19-6-9-22-48(45)56(38-31-27-37(28-32-38)51-40-14-3-2-13-35(40)33-34-55-51)47-21-8-4-16-44(47)53(54)57(49-23-10-7-20-46(49)54)39-29-25-36(26-30-39)41-17-12-18-43-42-15-5-11-24-50(42)58-52(41)43/h2-11,13-35,40,46,49,52-53H,12H2,1H3/t35?,40?,46?,49-,52?,53?,54?/m1/s1. The molecular weight excluding hydrogens is 707 g/mol. The zero-order valence-electron chi connectivity index (χ0n) is 32.4. The smallest absolute Gasteiger partial charge is 0.150 e. The number of benzene rings is 5. The van der Waals surface area contributed by atoms with Crippen LogP contribution in [0.15, 0.2) is 199 Å². The van der Waals surface area contributed by atoms with Gasteiger partial charge in [-0.3, -0.25) is 4.99 Å². The first-order chi connectivity index (χ1) is 28.7. The van der Waals surface area contributed by atoms with Crippen molar-refractivity contribution in [1.82, 2.24) is 0 Å². The van der Waals surface area contributed by atoms with Crippen LogP contribution in [0.2, 0.25) is 0 Å². The van der Waals surface area contributed by atoms with Crippen LogP contribution >= 0.6 is 0 Å². The second-order valence-corrected chi connectivity index (χ2v) is 16.7. The normalized spacial score (nSPS) is 27.8. The van der Waals surface area contributed by atoms with Gasteiger partial charge in [0.05, 0.1) is 23.5 Å². The molecule has 0 amide bonds. The average molecular weight is 750 g/mol. The van der Waals surface area contributed by atoms with Crippen molar-refractivity contribution in [1.29, 1.82) is 0 Å². The molecule has 4 heterocycles. The van der Waals surface area contributed by atoms with Crippen LogP contribution in [0, 0.1) is 17.8 Å². The molecule has 5 aromatic rings. The predicted molar refractivity (Wildman–Crippen MR) is 238 cm³/mol. The molecule has 0 bridgehead atoms. The third kappa shape index (κ3) is 4.84. The van der Waals surface area contributed by atoms with Crippen molar-refractivity contribution in [2.45, 2.75) is 36.9 Å². The first-order valence-corrected chi connectivity index (χ1v) is 20.7. The highest BCUT2D eigenvalue weighted by atomic mass is 16.5. The fourth-order valence-corrected chi connectivity index (χ4v) is 11.2. The SMILES string of the molecule is CC12c3ccccc3N(c3ccc(C4=NC=CC5C=CC=CC45)cc3)c3ccccc3C1N(c1ccc(C3=CCC=C4c5ccccc5OC34)cc1)[C@@H]1C=CC=CC12. The molecule has 4 nitrogen and oxygen atoms in total. The van der Waals surface area contributed by atoms with E-state index in [1.807, 2.05) is 6.20 Å². The highest BCUT2D eigenvalue weighted by molar-refractivity contribution is 6.05. The van der Waals surface area contributed by atoms with Crippen molar-refractivity contribution in [2.24, 2.45) is 22.7 Å². The number of fused-ring (bicyclic) bond motifs is 11. The second-order valence-electron chi connectivity index (χ2n) is 16.7. The van der Waals surface area contributed by atoms with Crippen LogP contribution in [0.1, 0.15) is 47.2 Å². The number of hydrogen-bond donors (Lipinski definition) is 0. The number of rotatable bonds is 4. The number of nitrogens with zero attached hydrogens (tertiary/aromatic N) is 3. The maximum atomic E-state index is 6.57. The third-order valence-corrected chi connectivity index (χ3v) is 13.8. The van der Waals surface area contributed by atoms with Gasteiger partial charge in [0.25, 0.3) is 0 Å². The van der Waals surface area contributed by atoms with Gasteiger partial charge in [-0.05, 0) is 71.1 Å². The summed E-state index contributed by atoms with van der Waals surface area (Å²) in [6.07, 6.45) is 27.9. The van der Waals surface area contributed by atoms with Crippen LogP contribution in [-0.4, -0.2) is 17.9 Å². The van der Waals surface area contributed by atoms with Crippen molar-refractivity contribution in [2.75, 3.05) is 9.80 Å². The Hall–Kier alpha value is -6.65. The van der Waals surface area contributed by atoms with Gasteiger partial charge in [0.2, 0.25) is 0 Å². The summed E-state index contributed by atoms with van der Waals surface area (Å²) in [4.78, 5) is 10.1. The van der Waals surface area contributed by atoms with Crippen LogP contribution in [-0.2, 0) is 5.41 Å². The van der Waals surface area contributed by atoms with Crippen LogP contribution in [0.4, 0.5) is 22.7 Å². The molecule has 3 aliphatic carbocycles. The molecule has 6 unspecified atom stereocenters. The molecule has 0 radical (unpaired) electrons. The molecule has 12 rings (SSSR count). The summed E-state index contributed by atoms with van der Waals surface area (Å²) in [7, 11) is 0. The first-order valence-electron chi connectivity index (χ1n) is 20.7. The number of anilines is 4. The first kappa shape index (κ1) is 33.5. The van der Waals surface area contributed by atoms with E-state index in [-0.39, 0.29) is 35.4 Å². The summed E-state index contributed by atoms with van der Waals surface area (Å²) >= 11 is 0. The molecule has 0 aromatic heterocycles. The van der Waals surface area contributed by atoms with E-state index in [0.717, 1.165) is 23.6 Å². The molecule has 0 N–H and O–H groups in total. The van der Waals surface area contributed by atoms with Crippen LogP contribution in [0.5, 0.6) is 5.75 Å². The summed E-state index contributed by atoms with van der Waals surface area (Å²) in [6, 6.07) is 45.4. The largest absolute Gasteiger partial charge is 0.480 e. The summed E-state index contributed by atoms with van der Waals surface area (Å²) in [6.45, 7) is 2.52.